The number of aromatic nitrogens is 6. The van der Waals surface area contributed by atoms with Crippen molar-refractivity contribution in [3.63, 3.8) is 0 Å². The molecule has 16 heteroatoms. The molecule has 0 aromatic carbocycles. The summed E-state index contributed by atoms with van der Waals surface area (Å²) in [5, 5.41) is 5.78. The standard InChI is InChI=1S/C42H44F2N8O6/c1-3-58-37-18-39-48-34(28-9-13-56-14-10-28)20-52(39)22-36(37)50-42(54)32-16-26(15-31(46-32)40(43)44)23-57-24-29-17-38-47-33(27-7-11-55-12-8-27)19-51(38)21-35(29)49-41(53)30-6-4-5-25(2)45-30/h4-6,15-22,27-28,40H,3,7-14,23-24H2,1-2H3,(H,49,53)(H,50,54). The van der Waals surface area contributed by atoms with Gasteiger partial charge in [-0.25, -0.2) is 28.7 Å². The first-order valence-electron chi connectivity index (χ1n) is 19.5. The normalized spacial score (nSPS) is 15.3. The molecule has 0 aliphatic carbocycles. The zero-order chi connectivity index (χ0) is 40.2. The van der Waals surface area contributed by atoms with Crippen molar-refractivity contribution in [2.75, 3.05) is 43.7 Å². The molecule has 2 fully saturated rings. The van der Waals surface area contributed by atoms with Crippen molar-refractivity contribution in [1.29, 1.82) is 0 Å². The summed E-state index contributed by atoms with van der Waals surface area (Å²) < 4.78 is 55.1. The van der Waals surface area contributed by atoms with E-state index in [4.69, 9.17) is 28.9 Å². The minimum Gasteiger partial charge on any atom is -0.491 e. The van der Waals surface area contributed by atoms with E-state index >= 15 is 0 Å². The zero-order valence-corrected chi connectivity index (χ0v) is 32.2. The number of alkyl halides is 2. The maximum absolute atomic E-state index is 14.2. The summed E-state index contributed by atoms with van der Waals surface area (Å²) in [5.74, 6) is -0.210. The third-order valence-corrected chi connectivity index (χ3v) is 10.4. The first kappa shape index (κ1) is 39.0. The van der Waals surface area contributed by atoms with Gasteiger partial charge < -0.3 is 38.4 Å². The molecule has 2 aliphatic heterocycles. The highest BCUT2D eigenvalue weighted by Gasteiger charge is 2.23. The lowest BCUT2D eigenvalue weighted by Gasteiger charge is -2.19. The van der Waals surface area contributed by atoms with Crippen molar-refractivity contribution < 1.29 is 37.3 Å². The number of nitrogens with zero attached hydrogens (tertiary/aromatic N) is 6. The number of imidazole rings is 2. The van der Waals surface area contributed by atoms with Crippen molar-refractivity contribution >= 4 is 34.5 Å². The van der Waals surface area contributed by atoms with Gasteiger partial charge in [-0.1, -0.05) is 6.07 Å². The topological polar surface area (TPSA) is 156 Å². The Balaban J connectivity index is 1.03. The van der Waals surface area contributed by atoms with Gasteiger partial charge in [0.25, 0.3) is 18.2 Å². The van der Waals surface area contributed by atoms with Gasteiger partial charge in [-0.2, -0.15) is 0 Å². The van der Waals surface area contributed by atoms with Gasteiger partial charge in [-0.05, 0) is 75.4 Å². The summed E-state index contributed by atoms with van der Waals surface area (Å²) in [6.45, 7) is 6.49. The first-order chi connectivity index (χ1) is 28.2. The molecule has 2 saturated heterocycles. The molecule has 6 aromatic rings. The van der Waals surface area contributed by atoms with Gasteiger partial charge in [-0.15, -0.1) is 0 Å². The lowest BCUT2D eigenvalue weighted by molar-refractivity contribution is 0.0845. The van der Waals surface area contributed by atoms with Crippen LogP contribution in [-0.4, -0.2) is 73.6 Å². The van der Waals surface area contributed by atoms with Crippen LogP contribution in [0.4, 0.5) is 20.2 Å². The number of nitrogens with one attached hydrogen (secondary N) is 2. The van der Waals surface area contributed by atoms with Gasteiger partial charge >= 0.3 is 0 Å². The molecule has 2 N–H and O–H groups in total. The van der Waals surface area contributed by atoms with Crippen molar-refractivity contribution in [3.8, 4) is 5.75 Å². The Morgan fingerprint density at radius 2 is 1.40 bits per heavy atom. The molecule has 0 spiro atoms. The van der Waals surface area contributed by atoms with Crippen LogP contribution in [0.25, 0.3) is 11.3 Å². The fraction of sp³-hybridized carbons (Fsp3) is 0.381. The van der Waals surface area contributed by atoms with Crippen LogP contribution in [0.1, 0.15) is 106 Å². The average Bonchev–Trinajstić information content (AvgIpc) is 3.85. The SMILES string of the molecule is CCOc1cc2nc(C3CCOCC3)cn2cc1NC(=O)c1cc(COCc2cc3nc(C4CCOCC4)cn3cc2NC(=O)c2cccc(C)n2)cc(C(F)F)n1. The number of aryl methyl sites for hydroxylation is 1. The molecular weight excluding hydrogens is 751 g/mol. The van der Waals surface area contributed by atoms with Crippen LogP contribution in [0, 0.1) is 6.92 Å². The number of hydrogen-bond acceptors (Lipinski definition) is 10. The largest absolute Gasteiger partial charge is 0.491 e. The number of pyridine rings is 4. The van der Waals surface area contributed by atoms with E-state index in [1.54, 1.807) is 43.6 Å². The van der Waals surface area contributed by atoms with E-state index in [1.807, 2.05) is 34.2 Å². The second-order valence-electron chi connectivity index (χ2n) is 14.5. The number of hydrogen-bond donors (Lipinski definition) is 2. The van der Waals surface area contributed by atoms with Gasteiger partial charge in [0, 0.05) is 80.4 Å². The zero-order valence-electron chi connectivity index (χ0n) is 32.2. The third-order valence-electron chi connectivity index (χ3n) is 10.4. The number of halogens is 2. The number of carbonyl (C=O) groups is 2. The summed E-state index contributed by atoms with van der Waals surface area (Å²) in [6.07, 6.45) is 7.88. The molecule has 0 bridgehead atoms. The van der Waals surface area contributed by atoms with Crippen LogP contribution in [0.3, 0.4) is 0 Å². The van der Waals surface area contributed by atoms with Crippen LogP contribution >= 0.6 is 0 Å². The quantitative estimate of drug-likeness (QED) is 0.121. The Hall–Kier alpha value is -5.84. The lowest BCUT2D eigenvalue weighted by atomic mass is 9.97. The summed E-state index contributed by atoms with van der Waals surface area (Å²) in [6, 6.07) is 11.4. The second-order valence-corrected chi connectivity index (χ2v) is 14.5. The summed E-state index contributed by atoms with van der Waals surface area (Å²) in [4.78, 5) is 45.1. The molecule has 6 aromatic heterocycles. The minimum absolute atomic E-state index is 0.0147. The number of carbonyl (C=O) groups excluding carboxylic acids is 2. The molecule has 58 heavy (non-hydrogen) atoms. The van der Waals surface area contributed by atoms with Gasteiger partial charge in [0.05, 0.1) is 36.9 Å². The fourth-order valence-corrected chi connectivity index (χ4v) is 7.35. The van der Waals surface area contributed by atoms with E-state index < -0.39 is 23.9 Å². The number of anilines is 2. The molecule has 2 amide bonds. The van der Waals surface area contributed by atoms with Crippen molar-refractivity contribution in [2.24, 2.45) is 0 Å². The van der Waals surface area contributed by atoms with Crippen molar-refractivity contribution in [3.05, 3.63) is 113 Å². The Bertz CT molecular complexity index is 2440. The monoisotopic (exact) mass is 794 g/mol. The highest BCUT2D eigenvalue weighted by atomic mass is 19.3. The molecule has 14 nitrogen and oxygen atoms in total. The van der Waals surface area contributed by atoms with Crippen LogP contribution in [0.15, 0.2) is 67.3 Å². The van der Waals surface area contributed by atoms with Gasteiger partial charge in [0.15, 0.2) is 0 Å². The Labute approximate surface area is 332 Å². The van der Waals surface area contributed by atoms with Crippen molar-refractivity contribution in [1.82, 2.24) is 28.7 Å². The van der Waals surface area contributed by atoms with E-state index in [9.17, 15) is 18.4 Å². The van der Waals surface area contributed by atoms with Crippen LogP contribution in [0.5, 0.6) is 5.75 Å². The summed E-state index contributed by atoms with van der Waals surface area (Å²) in [7, 11) is 0. The van der Waals surface area contributed by atoms with Gasteiger partial charge in [0.2, 0.25) is 0 Å². The van der Waals surface area contributed by atoms with E-state index in [1.165, 1.54) is 12.1 Å². The molecule has 8 rings (SSSR count). The molecule has 8 heterocycles. The molecule has 302 valence electrons. The maximum atomic E-state index is 14.2. The molecule has 0 unspecified atom stereocenters. The Morgan fingerprint density at radius 3 is 2.03 bits per heavy atom. The first-order valence-corrected chi connectivity index (χ1v) is 19.5. The molecule has 2 aliphatic rings. The van der Waals surface area contributed by atoms with Crippen LogP contribution in [-0.2, 0) is 27.4 Å². The average molecular weight is 795 g/mol. The molecular formula is C42H44F2N8O6. The molecule has 0 saturated carbocycles. The fourth-order valence-electron chi connectivity index (χ4n) is 7.35. The number of rotatable bonds is 13. The Kier molecular flexibility index (Phi) is 11.7. The number of fused-ring (bicyclic) bond motifs is 2. The predicted octanol–water partition coefficient (Wildman–Crippen LogP) is 7.43. The second kappa shape index (κ2) is 17.3. The van der Waals surface area contributed by atoms with E-state index in [-0.39, 0.29) is 36.4 Å². The highest BCUT2D eigenvalue weighted by molar-refractivity contribution is 6.04. The van der Waals surface area contributed by atoms with Gasteiger partial charge in [0.1, 0.15) is 39.8 Å². The minimum atomic E-state index is -2.94. The van der Waals surface area contributed by atoms with Crippen LogP contribution < -0.4 is 15.4 Å². The third kappa shape index (κ3) is 8.83. The molecule has 0 radical (unpaired) electrons. The predicted molar refractivity (Wildman–Crippen MR) is 210 cm³/mol. The van der Waals surface area contributed by atoms with Gasteiger partial charge in [-0.3, -0.25) is 9.59 Å². The van der Waals surface area contributed by atoms with Crippen molar-refractivity contribution in [2.45, 2.75) is 71.0 Å². The maximum Gasteiger partial charge on any atom is 0.280 e. The summed E-state index contributed by atoms with van der Waals surface area (Å²) in [5.41, 5.74) is 5.06. The van der Waals surface area contributed by atoms with Crippen LogP contribution in [0.2, 0.25) is 0 Å². The van der Waals surface area contributed by atoms with E-state index in [2.05, 4.69) is 20.6 Å². The van der Waals surface area contributed by atoms with E-state index in [0.29, 0.717) is 78.3 Å². The smallest absolute Gasteiger partial charge is 0.280 e. The highest BCUT2D eigenvalue weighted by Crippen LogP contribution is 2.32. The lowest BCUT2D eigenvalue weighted by Crippen LogP contribution is -2.17. The van der Waals surface area contributed by atoms with E-state index in [0.717, 1.165) is 37.1 Å². The molecule has 0 atom stereocenters. The summed E-state index contributed by atoms with van der Waals surface area (Å²) >= 11 is 0. The number of amides is 2. The number of ether oxygens (including phenoxy) is 4. The Morgan fingerprint density at radius 1 is 0.776 bits per heavy atom.